The Balaban J connectivity index is 2.48. The van der Waals surface area contributed by atoms with Gasteiger partial charge in [-0.15, -0.1) is 0 Å². The monoisotopic (exact) mass is 267 g/mol. The van der Waals surface area contributed by atoms with Crippen molar-refractivity contribution in [2.45, 2.75) is 30.7 Å². The summed E-state index contributed by atoms with van der Waals surface area (Å²) in [4.78, 5) is 11.9. The number of carbonyl (C=O) groups excluding carboxylic acids is 1. The van der Waals surface area contributed by atoms with Gasteiger partial charge >= 0.3 is 0 Å². The van der Waals surface area contributed by atoms with Crippen LogP contribution in [0.15, 0.2) is 23.1 Å². The average Bonchev–Trinajstić information content (AvgIpc) is 2.28. The number of carbonyl (C=O) groups is 1. The maximum absolute atomic E-state index is 11.9. The molecule has 1 aromatic rings. The maximum atomic E-state index is 11.9. The molecular weight excluding hydrogens is 250 g/mol. The van der Waals surface area contributed by atoms with Gasteiger partial charge in [-0.2, -0.15) is 0 Å². The maximum Gasteiger partial charge on any atom is 0.178 e. The van der Waals surface area contributed by atoms with Gasteiger partial charge in [-0.1, -0.05) is 12.1 Å². The highest BCUT2D eigenvalue weighted by molar-refractivity contribution is 7.91. The van der Waals surface area contributed by atoms with Crippen LogP contribution in [0, 0.1) is 0 Å². The van der Waals surface area contributed by atoms with Crippen molar-refractivity contribution in [2.75, 3.05) is 12.8 Å². The van der Waals surface area contributed by atoms with Crippen molar-refractivity contribution in [3.63, 3.8) is 0 Å². The summed E-state index contributed by atoms with van der Waals surface area (Å²) in [5.41, 5.74) is 1.67. The summed E-state index contributed by atoms with van der Waals surface area (Å²) in [6.45, 7) is 1.53. The molecule has 1 aromatic carbocycles. The highest BCUT2D eigenvalue weighted by Crippen LogP contribution is 2.27. The van der Waals surface area contributed by atoms with E-state index in [-0.39, 0.29) is 17.6 Å². The van der Waals surface area contributed by atoms with Crippen molar-refractivity contribution < 1.29 is 13.2 Å². The number of Topliss-reactive ketones (excluding diaryl/α,β-unsaturated/α-hetero) is 1. The Kier molecular flexibility index (Phi) is 3.54. The fourth-order valence-electron chi connectivity index (χ4n) is 2.44. The zero-order valence-corrected chi connectivity index (χ0v) is 11.4. The van der Waals surface area contributed by atoms with E-state index in [2.05, 4.69) is 5.32 Å². The second-order valence-electron chi connectivity index (χ2n) is 4.62. The second kappa shape index (κ2) is 4.82. The Morgan fingerprint density at radius 1 is 1.39 bits per heavy atom. The molecule has 1 N–H and O–H groups in total. The SMILES string of the molecule is CNC(C(C)=O)c1ccc2c(c1)CCCS2(=O)=O. The number of nitrogens with one attached hydrogen (secondary N) is 1. The zero-order valence-electron chi connectivity index (χ0n) is 10.6. The van der Waals surface area contributed by atoms with Gasteiger partial charge in [-0.05, 0) is 44.0 Å². The molecule has 0 fully saturated rings. The minimum Gasteiger partial charge on any atom is -0.307 e. The molecule has 0 aromatic heterocycles. The largest absolute Gasteiger partial charge is 0.307 e. The molecular formula is C13H17NO3S. The molecule has 0 bridgehead atoms. The molecule has 98 valence electrons. The first-order valence-corrected chi connectivity index (χ1v) is 7.64. The molecule has 1 unspecified atom stereocenters. The van der Waals surface area contributed by atoms with Crippen LogP contribution in [-0.2, 0) is 21.1 Å². The van der Waals surface area contributed by atoms with Crippen LogP contribution in [0.2, 0.25) is 0 Å². The Morgan fingerprint density at radius 2 is 2.11 bits per heavy atom. The third kappa shape index (κ3) is 2.33. The number of ketones is 1. The van der Waals surface area contributed by atoms with Crippen molar-refractivity contribution in [1.82, 2.24) is 5.32 Å². The molecule has 2 rings (SSSR count). The van der Waals surface area contributed by atoms with Gasteiger partial charge in [-0.25, -0.2) is 8.42 Å². The molecule has 5 heteroatoms. The smallest absolute Gasteiger partial charge is 0.178 e. The van der Waals surface area contributed by atoms with Gasteiger partial charge in [-0.3, -0.25) is 4.79 Å². The highest BCUT2D eigenvalue weighted by Gasteiger charge is 2.25. The van der Waals surface area contributed by atoms with E-state index in [0.29, 0.717) is 11.3 Å². The minimum absolute atomic E-state index is 0.0242. The predicted molar refractivity (Wildman–Crippen MR) is 69.3 cm³/mol. The van der Waals surface area contributed by atoms with Crippen LogP contribution in [0.4, 0.5) is 0 Å². The van der Waals surface area contributed by atoms with E-state index in [4.69, 9.17) is 0 Å². The average molecular weight is 267 g/mol. The topological polar surface area (TPSA) is 63.2 Å². The van der Waals surface area contributed by atoms with E-state index in [9.17, 15) is 13.2 Å². The molecule has 18 heavy (non-hydrogen) atoms. The van der Waals surface area contributed by atoms with Crippen molar-refractivity contribution >= 4 is 15.6 Å². The molecule has 1 aliphatic heterocycles. The molecule has 1 heterocycles. The quantitative estimate of drug-likeness (QED) is 0.895. The lowest BCUT2D eigenvalue weighted by molar-refractivity contribution is -0.119. The Hall–Kier alpha value is -1.20. The van der Waals surface area contributed by atoms with Crippen LogP contribution >= 0.6 is 0 Å². The standard InChI is InChI=1S/C13H17NO3S/c1-9(15)13(14-2)11-5-6-12-10(8-11)4-3-7-18(12,16)17/h5-6,8,13-14H,3-4,7H2,1-2H3. The Labute approximate surface area is 107 Å². The fraction of sp³-hybridized carbons (Fsp3) is 0.462. The number of likely N-dealkylation sites (N-methyl/N-ethyl adjacent to an activating group) is 1. The highest BCUT2D eigenvalue weighted by atomic mass is 32.2. The van der Waals surface area contributed by atoms with Crippen LogP contribution in [0.1, 0.15) is 30.5 Å². The normalized spacial score (nSPS) is 19.0. The summed E-state index contributed by atoms with van der Waals surface area (Å²) in [6, 6.07) is 4.84. The lowest BCUT2D eigenvalue weighted by atomic mass is 9.99. The summed E-state index contributed by atoms with van der Waals surface area (Å²) in [5, 5.41) is 2.95. The summed E-state index contributed by atoms with van der Waals surface area (Å²) in [6.07, 6.45) is 1.42. The number of aryl methyl sites for hydroxylation is 1. The fourth-order valence-corrected chi connectivity index (χ4v) is 4.03. The molecule has 0 spiro atoms. The van der Waals surface area contributed by atoms with Crippen molar-refractivity contribution in [2.24, 2.45) is 0 Å². The molecule has 1 atom stereocenters. The van der Waals surface area contributed by atoms with Gasteiger partial charge in [0.2, 0.25) is 0 Å². The lowest BCUT2D eigenvalue weighted by Crippen LogP contribution is -2.24. The third-order valence-electron chi connectivity index (χ3n) is 3.31. The van der Waals surface area contributed by atoms with E-state index in [1.54, 1.807) is 19.2 Å². The number of fused-ring (bicyclic) bond motifs is 1. The van der Waals surface area contributed by atoms with Gasteiger partial charge in [0.15, 0.2) is 15.6 Å². The molecule has 1 aliphatic rings. The Bertz CT molecular complexity index is 578. The van der Waals surface area contributed by atoms with E-state index >= 15 is 0 Å². The van der Waals surface area contributed by atoms with Crippen LogP contribution in [0.5, 0.6) is 0 Å². The summed E-state index contributed by atoms with van der Waals surface area (Å²) < 4.78 is 23.8. The van der Waals surface area contributed by atoms with Crippen LogP contribution in [0.3, 0.4) is 0 Å². The van der Waals surface area contributed by atoms with Gasteiger partial charge in [0.05, 0.1) is 16.7 Å². The summed E-state index contributed by atoms with van der Waals surface area (Å²) >= 11 is 0. The van der Waals surface area contributed by atoms with Crippen molar-refractivity contribution in [3.8, 4) is 0 Å². The third-order valence-corrected chi connectivity index (χ3v) is 5.20. The summed E-state index contributed by atoms with van der Waals surface area (Å²) in [5.74, 6) is 0.248. The first-order chi connectivity index (χ1) is 8.45. The predicted octanol–water partition coefficient (Wildman–Crippen LogP) is 1.26. The summed E-state index contributed by atoms with van der Waals surface area (Å²) in [7, 11) is -1.39. The molecule has 0 amide bonds. The number of hydrogen-bond donors (Lipinski definition) is 1. The number of benzene rings is 1. The van der Waals surface area contributed by atoms with Gasteiger partial charge in [0, 0.05) is 0 Å². The number of hydrogen-bond acceptors (Lipinski definition) is 4. The lowest BCUT2D eigenvalue weighted by Gasteiger charge is -2.19. The zero-order chi connectivity index (χ0) is 13.3. The minimum atomic E-state index is -3.12. The van der Waals surface area contributed by atoms with Gasteiger partial charge in [0.25, 0.3) is 0 Å². The van der Waals surface area contributed by atoms with Crippen molar-refractivity contribution in [3.05, 3.63) is 29.3 Å². The first-order valence-electron chi connectivity index (χ1n) is 5.99. The van der Waals surface area contributed by atoms with E-state index in [1.165, 1.54) is 6.92 Å². The molecule has 4 nitrogen and oxygen atoms in total. The van der Waals surface area contributed by atoms with Gasteiger partial charge in [0.1, 0.15) is 0 Å². The Morgan fingerprint density at radius 3 is 2.72 bits per heavy atom. The van der Waals surface area contributed by atoms with Gasteiger partial charge < -0.3 is 5.32 Å². The van der Waals surface area contributed by atoms with E-state index < -0.39 is 9.84 Å². The van der Waals surface area contributed by atoms with E-state index in [0.717, 1.165) is 17.5 Å². The van der Waals surface area contributed by atoms with Crippen molar-refractivity contribution in [1.29, 1.82) is 0 Å². The van der Waals surface area contributed by atoms with Crippen LogP contribution in [0.25, 0.3) is 0 Å². The number of sulfone groups is 1. The van der Waals surface area contributed by atoms with Crippen LogP contribution < -0.4 is 5.32 Å². The first kappa shape index (κ1) is 13.2. The molecule has 0 saturated carbocycles. The van der Waals surface area contributed by atoms with E-state index in [1.807, 2.05) is 6.07 Å². The number of rotatable bonds is 3. The second-order valence-corrected chi connectivity index (χ2v) is 6.70. The molecule has 0 aliphatic carbocycles. The molecule has 0 saturated heterocycles. The van der Waals surface area contributed by atoms with Crippen LogP contribution in [-0.4, -0.2) is 27.0 Å². The molecule has 0 radical (unpaired) electrons.